The number of hydrogen-bond acceptors (Lipinski definition) is 9. The summed E-state index contributed by atoms with van der Waals surface area (Å²) in [5, 5.41) is 28.7. The topological polar surface area (TPSA) is 87.4 Å². The molecule has 0 unspecified atom stereocenters. The average Bonchev–Trinajstić information content (AvgIpc) is 3.04. The maximum atomic E-state index is 12.3. The van der Waals surface area contributed by atoms with E-state index >= 15 is 0 Å². The highest BCUT2D eigenvalue weighted by atomic mass is 32.2. The highest BCUT2D eigenvalue weighted by Gasteiger charge is 2.09. The Morgan fingerprint density at radius 2 is 1.84 bits per heavy atom. The lowest BCUT2D eigenvalue weighted by atomic mass is 10.3. The molecule has 1 N–H and O–H groups in total. The van der Waals surface area contributed by atoms with Gasteiger partial charge in [0.15, 0.2) is 10.0 Å². The molecule has 0 saturated carbocycles. The third kappa shape index (κ3) is 5.09. The second-order valence-corrected chi connectivity index (χ2v) is 7.68. The van der Waals surface area contributed by atoms with Gasteiger partial charge in [-0.25, -0.2) is 0 Å². The predicted octanol–water partition coefficient (Wildman–Crippen LogP) is 4.41. The summed E-state index contributed by atoms with van der Waals surface area (Å²) in [6.07, 6.45) is 0. The van der Waals surface area contributed by atoms with Crippen molar-refractivity contribution < 1.29 is 8.78 Å². The molecule has 0 aliphatic rings. The Kier molecular flexibility index (Phi) is 5.75. The first-order chi connectivity index (χ1) is 12.1. The molecule has 0 atom stereocenters. The van der Waals surface area contributed by atoms with E-state index < -0.39 is 5.76 Å². The third-order valence-electron chi connectivity index (χ3n) is 2.68. The van der Waals surface area contributed by atoms with E-state index in [1.54, 1.807) is 36.4 Å². The Balaban J connectivity index is 1.62. The molecular weight excluding hydrogens is 386 g/mol. The van der Waals surface area contributed by atoms with Gasteiger partial charge in [0.2, 0.25) is 5.13 Å². The lowest BCUT2D eigenvalue weighted by molar-refractivity contribution is 0.252. The smallest absolute Gasteiger partial charge is 0.288 e. The fourth-order valence-corrected chi connectivity index (χ4v) is 3.80. The third-order valence-corrected chi connectivity index (χ3v) is 5.22. The van der Waals surface area contributed by atoms with Crippen molar-refractivity contribution >= 4 is 45.7 Å². The maximum Gasteiger partial charge on any atom is 0.288 e. The van der Waals surface area contributed by atoms with Crippen LogP contribution >= 0.6 is 34.9 Å². The summed E-state index contributed by atoms with van der Waals surface area (Å²) in [4.78, 5) is 0.494. The van der Waals surface area contributed by atoms with Crippen molar-refractivity contribution in [3.8, 4) is 6.07 Å². The molecule has 2 aromatic heterocycles. The molecule has 25 heavy (non-hydrogen) atoms. The summed E-state index contributed by atoms with van der Waals surface area (Å²) in [5.41, 5.74) is 0.974. The zero-order valence-electron chi connectivity index (χ0n) is 12.3. The molecule has 2 heterocycles. The number of rotatable bonds is 6. The Bertz CT molecular complexity index is 877. The fourth-order valence-electron chi connectivity index (χ4n) is 1.67. The highest BCUT2D eigenvalue weighted by molar-refractivity contribution is 8.01. The van der Waals surface area contributed by atoms with Gasteiger partial charge in [0.25, 0.3) is 5.76 Å². The number of nitrogens with zero attached hydrogens (tertiary/aromatic N) is 5. The number of halogens is 2. The van der Waals surface area contributed by atoms with E-state index in [4.69, 9.17) is 5.26 Å². The molecule has 0 radical (unpaired) electrons. The average molecular weight is 394 g/mol. The van der Waals surface area contributed by atoms with Crippen LogP contribution in [0.25, 0.3) is 0 Å². The van der Waals surface area contributed by atoms with E-state index in [1.807, 2.05) is 6.07 Å². The van der Waals surface area contributed by atoms with Gasteiger partial charge in [-0.3, -0.25) is 0 Å². The number of anilines is 2. The van der Waals surface area contributed by atoms with Crippen molar-refractivity contribution in [3.05, 3.63) is 42.1 Å². The van der Waals surface area contributed by atoms with Crippen LogP contribution in [0.15, 0.2) is 50.7 Å². The number of alkyl halides is 2. The summed E-state index contributed by atoms with van der Waals surface area (Å²) in [6, 6.07) is 11.8. The van der Waals surface area contributed by atoms with Gasteiger partial charge in [-0.05, 0) is 48.2 Å². The number of nitriles is 1. The van der Waals surface area contributed by atoms with Gasteiger partial charge in [-0.2, -0.15) is 14.0 Å². The van der Waals surface area contributed by atoms with Crippen LogP contribution in [0.2, 0.25) is 0 Å². The minimum absolute atomic E-state index is 0.248. The van der Waals surface area contributed by atoms with Gasteiger partial charge in [0.1, 0.15) is 11.1 Å². The first kappa shape index (κ1) is 17.5. The van der Waals surface area contributed by atoms with Gasteiger partial charge < -0.3 is 5.32 Å². The van der Waals surface area contributed by atoms with Crippen molar-refractivity contribution in [1.29, 1.82) is 5.26 Å². The summed E-state index contributed by atoms with van der Waals surface area (Å²) >= 11 is 3.10. The Morgan fingerprint density at radius 3 is 2.48 bits per heavy atom. The molecule has 6 nitrogen and oxygen atoms in total. The fraction of sp³-hybridized carbons (Fsp3) is 0.0714. The number of benzene rings is 1. The summed E-state index contributed by atoms with van der Waals surface area (Å²) in [7, 11) is 0. The van der Waals surface area contributed by atoms with E-state index in [9.17, 15) is 8.78 Å². The molecule has 0 saturated heterocycles. The monoisotopic (exact) mass is 394 g/mol. The van der Waals surface area contributed by atoms with E-state index in [0.717, 1.165) is 5.69 Å². The number of nitrogens with one attached hydrogen (secondary N) is 1. The highest BCUT2D eigenvalue weighted by Crippen LogP contribution is 2.32. The van der Waals surface area contributed by atoms with E-state index in [-0.39, 0.29) is 5.69 Å². The summed E-state index contributed by atoms with van der Waals surface area (Å²) < 4.78 is 25.2. The van der Waals surface area contributed by atoms with Crippen LogP contribution in [-0.4, -0.2) is 26.2 Å². The molecule has 0 aliphatic carbocycles. The molecule has 126 valence electrons. The van der Waals surface area contributed by atoms with Gasteiger partial charge in [0.05, 0.1) is 0 Å². The maximum absolute atomic E-state index is 12.3. The molecule has 0 bridgehead atoms. The first-order valence-corrected chi connectivity index (χ1v) is 9.21. The molecule has 0 amide bonds. The van der Waals surface area contributed by atoms with Crippen molar-refractivity contribution in [1.82, 2.24) is 20.4 Å². The van der Waals surface area contributed by atoms with Crippen LogP contribution in [0.4, 0.5) is 19.6 Å². The van der Waals surface area contributed by atoms with Gasteiger partial charge in [-0.1, -0.05) is 23.1 Å². The lowest BCUT2D eigenvalue weighted by Crippen LogP contribution is -1.89. The molecule has 3 rings (SSSR count). The zero-order chi connectivity index (χ0) is 17.6. The van der Waals surface area contributed by atoms with Crippen molar-refractivity contribution in [2.45, 2.75) is 20.0 Å². The van der Waals surface area contributed by atoms with Gasteiger partial charge in [0, 0.05) is 10.6 Å². The van der Waals surface area contributed by atoms with Crippen LogP contribution in [0.5, 0.6) is 0 Å². The zero-order valence-corrected chi connectivity index (χ0v) is 14.7. The van der Waals surface area contributed by atoms with Crippen LogP contribution in [0, 0.1) is 11.3 Å². The van der Waals surface area contributed by atoms with Gasteiger partial charge >= 0.3 is 0 Å². The van der Waals surface area contributed by atoms with Crippen LogP contribution in [-0.2, 0) is 0 Å². The number of aromatic nitrogens is 4. The predicted molar refractivity (Wildman–Crippen MR) is 92.4 cm³/mol. The molecule has 11 heteroatoms. The molecule has 1 aromatic carbocycles. The quantitative estimate of drug-likeness (QED) is 0.615. The van der Waals surface area contributed by atoms with E-state index in [0.29, 0.717) is 31.2 Å². The van der Waals surface area contributed by atoms with E-state index in [1.165, 1.54) is 23.1 Å². The lowest BCUT2D eigenvalue weighted by Gasteiger charge is -2.03. The molecule has 0 spiro atoms. The van der Waals surface area contributed by atoms with E-state index in [2.05, 4.69) is 25.7 Å². The minimum atomic E-state index is -2.44. The van der Waals surface area contributed by atoms with Gasteiger partial charge in [-0.15, -0.1) is 20.4 Å². The summed E-state index contributed by atoms with van der Waals surface area (Å²) in [5.74, 6) is -2.44. The second kappa shape index (κ2) is 8.19. The largest absolute Gasteiger partial charge is 0.330 e. The normalized spacial score (nSPS) is 10.6. The van der Waals surface area contributed by atoms with Crippen molar-refractivity contribution in [2.75, 3.05) is 5.32 Å². The number of thioether (sulfide) groups is 1. The van der Waals surface area contributed by atoms with Crippen LogP contribution < -0.4 is 5.32 Å². The molecular formula is C14H8F2N6S3. The SMILES string of the molecule is N#Cc1ccc(Sc2nnc(Nc3ccc(SC(F)F)cc3)s2)nn1. The molecule has 0 fully saturated rings. The molecule has 3 aromatic rings. The standard InChI is InChI=1S/C14H8F2N6S3/c15-12(16)23-10-4-1-8(2-5-10)18-13-21-22-14(25-13)24-11-6-3-9(7-17)19-20-11/h1-6,12H,(H,18,21). The second-order valence-electron chi connectivity index (χ2n) is 4.37. The minimum Gasteiger partial charge on any atom is -0.330 e. The van der Waals surface area contributed by atoms with Crippen molar-refractivity contribution in [3.63, 3.8) is 0 Å². The summed E-state index contributed by atoms with van der Waals surface area (Å²) in [6.45, 7) is 0. The molecule has 0 aliphatic heterocycles. The first-order valence-electron chi connectivity index (χ1n) is 6.69. The number of hydrogen-bond donors (Lipinski definition) is 1. The van der Waals surface area contributed by atoms with Crippen molar-refractivity contribution in [2.24, 2.45) is 0 Å². The Labute approximate surface area is 153 Å². The Morgan fingerprint density at radius 1 is 1.04 bits per heavy atom. The Hall–Kier alpha value is -2.29. The van der Waals surface area contributed by atoms with Crippen LogP contribution in [0.3, 0.4) is 0 Å². The van der Waals surface area contributed by atoms with Crippen LogP contribution in [0.1, 0.15) is 5.69 Å².